The van der Waals surface area contributed by atoms with Crippen LogP contribution in [0.15, 0.2) is 59.5 Å². The molecular weight excluding hydrogens is 404 g/mol. The summed E-state index contributed by atoms with van der Waals surface area (Å²) >= 11 is 0. The first-order valence-electron chi connectivity index (χ1n) is 10.8. The van der Waals surface area contributed by atoms with E-state index in [1.807, 2.05) is 62.4 Å². The van der Waals surface area contributed by atoms with Crippen molar-refractivity contribution in [3.63, 3.8) is 0 Å². The molecule has 0 bridgehead atoms. The number of aryl methyl sites for hydroxylation is 2. The third-order valence-corrected chi connectivity index (χ3v) is 5.93. The van der Waals surface area contributed by atoms with Crippen molar-refractivity contribution in [2.75, 3.05) is 0 Å². The van der Waals surface area contributed by atoms with Crippen molar-refractivity contribution >= 4 is 16.9 Å². The summed E-state index contributed by atoms with van der Waals surface area (Å²) in [6.45, 7) is 4.00. The van der Waals surface area contributed by atoms with Gasteiger partial charge < -0.3 is 4.74 Å². The Morgan fingerprint density at radius 3 is 2.59 bits per heavy atom. The summed E-state index contributed by atoms with van der Waals surface area (Å²) in [6.07, 6.45) is 3.76. The van der Waals surface area contributed by atoms with Gasteiger partial charge in [0.1, 0.15) is 18.7 Å². The number of ether oxygens (including phenoxy) is 1. The molecule has 0 radical (unpaired) electrons. The van der Waals surface area contributed by atoms with Crippen LogP contribution >= 0.6 is 0 Å². The Morgan fingerprint density at radius 1 is 1.09 bits per heavy atom. The Hall–Kier alpha value is -3.74. The molecule has 5 rings (SSSR count). The summed E-state index contributed by atoms with van der Waals surface area (Å²) in [5, 5.41) is 9.81. The summed E-state index contributed by atoms with van der Waals surface area (Å²) in [5.74, 6) is -0.205. The lowest BCUT2D eigenvalue weighted by molar-refractivity contribution is -0.146. The van der Waals surface area contributed by atoms with Crippen LogP contribution < -0.4 is 5.56 Å². The van der Waals surface area contributed by atoms with Gasteiger partial charge in [0, 0.05) is 11.3 Å². The van der Waals surface area contributed by atoms with Crippen molar-refractivity contribution in [2.24, 2.45) is 0 Å². The van der Waals surface area contributed by atoms with Crippen LogP contribution in [0.1, 0.15) is 41.1 Å². The number of rotatable bonds is 6. The first-order valence-corrected chi connectivity index (χ1v) is 10.8. The van der Waals surface area contributed by atoms with Gasteiger partial charge >= 0.3 is 5.97 Å². The standard InChI is InChI=1S/C25H24N4O3/c1-16-8-11-20(12-17(16)2)29-24-21(13-26-29)23(19-9-10-19)27-28(25(24)31)14-22(30)32-15-18-6-4-3-5-7-18/h3-8,11-13,19H,9-10,14-15H2,1-2H3. The third-order valence-electron chi connectivity index (χ3n) is 5.93. The van der Waals surface area contributed by atoms with Gasteiger partial charge in [-0.2, -0.15) is 10.2 Å². The zero-order chi connectivity index (χ0) is 22.2. The summed E-state index contributed by atoms with van der Waals surface area (Å²) in [5.41, 5.74) is 4.91. The summed E-state index contributed by atoms with van der Waals surface area (Å²) < 4.78 is 8.26. The summed E-state index contributed by atoms with van der Waals surface area (Å²) in [6, 6.07) is 15.4. The van der Waals surface area contributed by atoms with Crippen LogP contribution in [0.5, 0.6) is 0 Å². The van der Waals surface area contributed by atoms with Gasteiger partial charge in [0.15, 0.2) is 0 Å². The van der Waals surface area contributed by atoms with Gasteiger partial charge in [0.05, 0.1) is 17.6 Å². The molecule has 2 aromatic carbocycles. The fourth-order valence-electron chi connectivity index (χ4n) is 3.82. The highest BCUT2D eigenvalue weighted by Crippen LogP contribution is 2.41. The molecule has 7 heteroatoms. The maximum absolute atomic E-state index is 13.4. The second kappa shape index (κ2) is 8.07. The Kier molecular flexibility index (Phi) is 5.09. The highest BCUT2D eigenvalue weighted by molar-refractivity contribution is 5.82. The topological polar surface area (TPSA) is 79.0 Å². The number of esters is 1. The molecule has 1 saturated carbocycles. The van der Waals surface area contributed by atoms with Crippen molar-refractivity contribution in [3.8, 4) is 5.69 Å². The fraction of sp³-hybridized carbons (Fsp3) is 0.280. The molecule has 32 heavy (non-hydrogen) atoms. The van der Waals surface area contributed by atoms with Gasteiger partial charge in [0.2, 0.25) is 0 Å². The maximum Gasteiger partial charge on any atom is 0.328 e. The highest BCUT2D eigenvalue weighted by Gasteiger charge is 2.30. The van der Waals surface area contributed by atoms with Crippen LogP contribution in [0.3, 0.4) is 0 Å². The molecule has 162 valence electrons. The minimum absolute atomic E-state index is 0.159. The normalized spacial score (nSPS) is 13.4. The zero-order valence-electron chi connectivity index (χ0n) is 18.1. The van der Waals surface area contributed by atoms with Crippen molar-refractivity contribution in [3.05, 3.63) is 87.5 Å². The molecule has 0 amide bonds. The van der Waals surface area contributed by atoms with Crippen LogP contribution in [0.2, 0.25) is 0 Å². The van der Waals surface area contributed by atoms with Crippen molar-refractivity contribution < 1.29 is 9.53 Å². The minimum Gasteiger partial charge on any atom is -0.459 e. The number of aromatic nitrogens is 4. The van der Waals surface area contributed by atoms with E-state index in [4.69, 9.17) is 4.74 Å². The first-order chi connectivity index (χ1) is 15.5. The van der Waals surface area contributed by atoms with Gasteiger partial charge in [-0.3, -0.25) is 9.59 Å². The van der Waals surface area contributed by atoms with Crippen molar-refractivity contribution in [2.45, 2.75) is 45.8 Å². The lowest BCUT2D eigenvalue weighted by Crippen LogP contribution is -2.30. The predicted octanol–water partition coefficient (Wildman–Crippen LogP) is 3.82. The number of nitrogens with zero attached hydrogens (tertiary/aromatic N) is 4. The largest absolute Gasteiger partial charge is 0.459 e. The Labute approximate surface area is 185 Å². The monoisotopic (exact) mass is 428 g/mol. The molecule has 0 atom stereocenters. The third kappa shape index (κ3) is 3.82. The molecule has 0 unspecified atom stereocenters. The van der Waals surface area contributed by atoms with Gasteiger partial charge in [0.25, 0.3) is 5.56 Å². The Balaban J connectivity index is 1.51. The number of hydrogen-bond donors (Lipinski definition) is 0. The minimum atomic E-state index is -0.498. The zero-order valence-corrected chi connectivity index (χ0v) is 18.1. The molecule has 0 spiro atoms. The van der Waals surface area contributed by atoms with Crippen LogP contribution in [0, 0.1) is 13.8 Å². The van der Waals surface area contributed by atoms with E-state index in [2.05, 4.69) is 10.2 Å². The molecule has 2 aromatic heterocycles. The van der Waals surface area contributed by atoms with E-state index in [-0.39, 0.29) is 18.7 Å². The lowest BCUT2D eigenvalue weighted by atomic mass is 10.1. The van der Waals surface area contributed by atoms with Gasteiger partial charge in [-0.15, -0.1) is 0 Å². The molecular formula is C25H24N4O3. The van der Waals surface area contributed by atoms with E-state index in [0.717, 1.165) is 40.7 Å². The smallest absolute Gasteiger partial charge is 0.328 e. The molecule has 0 N–H and O–H groups in total. The van der Waals surface area contributed by atoms with E-state index < -0.39 is 5.97 Å². The molecule has 0 aliphatic heterocycles. The Morgan fingerprint density at radius 2 is 1.88 bits per heavy atom. The van der Waals surface area contributed by atoms with E-state index >= 15 is 0 Å². The van der Waals surface area contributed by atoms with E-state index in [1.165, 1.54) is 10.2 Å². The van der Waals surface area contributed by atoms with E-state index in [1.54, 1.807) is 10.9 Å². The lowest BCUT2D eigenvalue weighted by Gasteiger charge is -2.11. The average molecular weight is 428 g/mol. The molecule has 1 aliphatic rings. The van der Waals surface area contributed by atoms with Crippen molar-refractivity contribution in [1.29, 1.82) is 0 Å². The van der Waals surface area contributed by atoms with E-state index in [9.17, 15) is 9.59 Å². The molecule has 7 nitrogen and oxygen atoms in total. The number of fused-ring (bicyclic) bond motifs is 1. The highest BCUT2D eigenvalue weighted by atomic mass is 16.5. The number of carbonyl (C=O) groups excluding carboxylic acids is 1. The van der Waals surface area contributed by atoms with Crippen LogP contribution in [-0.2, 0) is 22.7 Å². The van der Waals surface area contributed by atoms with Gasteiger partial charge in [-0.25, -0.2) is 9.36 Å². The second-order valence-electron chi connectivity index (χ2n) is 8.36. The van der Waals surface area contributed by atoms with Gasteiger partial charge in [-0.05, 0) is 55.5 Å². The maximum atomic E-state index is 13.4. The van der Waals surface area contributed by atoms with E-state index in [0.29, 0.717) is 11.4 Å². The summed E-state index contributed by atoms with van der Waals surface area (Å²) in [7, 11) is 0. The molecule has 0 saturated heterocycles. The molecule has 1 fully saturated rings. The van der Waals surface area contributed by atoms with Crippen LogP contribution in [0.4, 0.5) is 0 Å². The molecule has 4 aromatic rings. The quantitative estimate of drug-likeness (QED) is 0.436. The summed E-state index contributed by atoms with van der Waals surface area (Å²) in [4.78, 5) is 25.9. The SMILES string of the molecule is Cc1ccc(-n2ncc3c(C4CC4)nn(CC(=O)OCc4ccccc4)c(=O)c32)cc1C. The fourth-order valence-corrected chi connectivity index (χ4v) is 3.82. The number of hydrogen-bond acceptors (Lipinski definition) is 5. The Bertz CT molecular complexity index is 1370. The number of benzene rings is 2. The van der Waals surface area contributed by atoms with Crippen LogP contribution in [0.25, 0.3) is 16.6 Å². The first kappa shape index (κ1) is 20.2. The van der Waals surface area contributed by atoms with Crippen molar-refractivity contribution in [1.82, 2.24) is 19.6 Å². The van der Waals surface area contributed by atoms with Gasteiger partial charge in [-0.1, -0.05) is 36.4 Å². The number of carbonyl (C=O) groups is 1. The second-order valence-corrected chi connectivity index (χ2v) is 8.36. The molecule has 2 heterocycles. The molecule has 1 aliphatic carbocycles. The average Bonchev–Trinajstić information content (AvgIpc) is 3.54. The van der Waals surface area contributed by atoms with Crippen LogP contribution in [-0.4, -0.2) is 25.5 Å². The predicted molar refractivity (Wildman–Crippen MR) is 121 cm³/mol.